The first-order valence-electron chi connectivity index (χ1n) is 7.80. The fourth-order valence-electron chi connectivity index (χ4n) is 2.99. The van der Waals surface area contributed by atoms with Gasteiger partial charge in [0.05, 0.1) is 0 Å². The van der Waals surface area contributed by atoms with E-state index in [-0.39, 0.29) is 17.4 Å². The molecule has 118 valence electrons. The van der Waals surface area contributed by atoms with Crippen molar-refractivity contribution in [3.05, 3.63) is 29.6 Å². The third kappa shape index (κ3) is 3.55. The number of piperazine rings is 1. The normalized spacial score (nSPS) is 18.9. The Balaban J connectivity index is 2.19. The summed E-state index contributed by atoms with van der Waals surface area (Å²) in [5.41, 5.74) is 2.02. The first-order valence-corrected chi connectivity index (χ1v) is 7.80. The third-order valence-corrected chi connectivity index (χ3v) is 4.46. The SMILES string of the molecule is CNC(C)c1c(F)cccc1N1CCN(C(C)(C)C)CC1. The van der Waals surface area contributed by atoms with Crippen molar-refractivity contribution in [3.8, 4) is 0 Å². The maximum Gasteiger partial charge on any atom is 0.130 e. The number of nitrogens with zero attached hydrogens (tertiary/aromatic N) is 2. The standard InChI is InChI=1S/C17H28FN3/c1-13(19-5)16-14(18)7-6-8-15(16)20-9-11-21(12-10-20)17(2,3)4/h6-8,13,19H,9-12H2,1-5H3. The fraction of sp³-hybridized carbons (Fsp3) is 0.647. The molecule has 0 spiro atoms. The molecule has 1 fully saturated rings. The van der Waals surface area contributed by atoms with E-state index in [1.807, 2.05) is 26.1 Å². The average Bonchev–Trinajstić information content (AvgIpc) is 2.45. The molecule has 2 rings (SSSR count). The summed E-state index contributed by atoms with van der Waals surface area (Å²) < 4.78 is 14.2. The van der Waals surface area contributed by atoms with Gasteiger partial charge in [-0.3, -0.25) is 4.90 Å². The first kappa shape index (κ1) is 16.2. The number of hydrogen-bond donors (Lipinski definition) is 1. The Kier molecular flexibility index (Phi) is 4.89. The van der Waals surface area contributed by atoms with Crippen molar-refractivity contribution in [3.63, 3.8) is 0 Å². The lowest BCUT2D eigenvalue weighted by atomic mass is 10.0. The predicted octanol–water partition coefficient (Wildman–Crippen LogP) is 3.03. The minimum Gasteiger partial charge on any atom is -0.369 e. The Bertz CT molecular complexity index is 473. The highest BCUT2D eigenvalue weighted by atomic mass is 19.1. The van der Waals surface area contributed by atoms with Gasteiger partial charge in [0.15, 0.2) is 0 Å². The molecular formula is C17H28FN3. The molecule has 1 aromatic rings. The van der Waals surface area contributed by atoms with Gasteiger partial charge >= 0.3 is 0 Å². The summed E-state index contributed by atoms with van der Waals surface area (Å²) in [5, 5.41) is 3.16. The van der Waals surface area contributed by atoms with Crippen molar-refractivity contribution in [1.82, 2.24) is 10.2 Å². The molecule has 0 aromatic heterocycles. The Morgan fingerprint density at radius 1 is 1.14 bits per heavy atom. The van der Waals surface area contributed by atoms with E-state index in [9.17, 15) is 4.39 Å². The molecule has 0 amide bonds. The summed E-state index contributed by atoms with van der Waals surface area (Å²) >= 11 is 0. The number of halogens is 1. The van der Waals surface area contributed by atoms with Gasteiger partial charge < -0.3 is 10.2 Å². The highest BCUT2D eigenvalue weighted by Gasteiger charge is 2.27. The Morgan fingerprint density at radius 3 is 2.29 bits per heavy atom. The van der Waals surface area contributed by atoms with E-state index < -0.39 is 0 Å². The number of nitrogens with one attached hydrogen (secondary N) is 1. The number of hydrogen-bond acceptors (Lipinski definition) is 3. The van der Waals surface area contributed by atoms with E-state index in [1.54, 1.807) is 6.07 Å². The Labute approximate surface area is 128 Å². The van der Waals surface area contributed by atoms with Crippen molar-refractivity contribution in [2.24, 2.45) is 0 Å². The van der Waals surface area contributed by atoms with Crippen LogP contribution in [0.5, 0.6) is 0 Å². The van der Waals surface area contributed by atoms with Crippen LogP contribution in [0.2, 0.25) is 0 Å². The molecule has 0 aliphatic carbocycles. The summed E-state index contributed by atoms with van der Waals surface area (Å²) in [6.07, 6.45) is 0. The summed E-state index contributed by atoms with van der Waals surface area (Å²) in [6, 6.07) is 5.42. The molecule has 1 unspecified atom stereocenters. The van der Waals surface area contributed by atoms with Crippen LogP contribution >= 0.6 is 0 Å². The molecule has 3 nitrogen and oxygen atoms in total. The molecule has 21 heavy (non-hydrogen) atoms. The van der Waals surface area contributed by atoms with E-state index in [1.165, 1.54) is 0 Å². The van der Waals surface area contributed by atoms with E-state index in [0.717, 1.165) is 37.4 Å². The van der Waals surface area contributed by atoms with E-state index in [0.29, 0.717) is 0 Å². The second-order valence-corrected chi connectivity index (χ2v) is 6.83. The maximum atomic E-state index is 14.2. The second kappa shape index (κ2) is 6.32. The molecule has 0 saturated carbocycles. The van der Waals surface area contributed by atoms with Crippen LogP contribution in [0.3, 0.4) is 0 Å². The van der Waals surface area contributed by atoms with Crippen LogP contribution in [0.4, 0.5) is 10.1 Å². The van der Waals surface area contributed by atoms with Gasteiger partial charge in [-0.05, 0) is 46.9 Å². The van der Waals surface area contributed by atoms with E-state index in [4.69, 9.17) is 0 Å². The number of benzene rings is 1. The van der Waals surface area contributed by atoms with Crippen LogP contribution in [0.15, 0.2) is 18.2 Å². The van der Waals surface area contributed by atoms with E-state index in [2.05, 4.69) is 35.9 Å². The smallest absolute Gasteiger partial charge is 0.130 e. The molecule has 0 bridgehead atoms. The molecule has 1 N–H and O–H groups in total. The predicted molar refractivity (Wildman–Crippen MR) is 87.4 cm³/mol. The molecule has 1 heterocycles. The maximum absolute atomic E-state index is 14.2. The lowest BCUT2D eigenvalue weighted by Gasteiger charge is -2.43. The Morgan fingerprint density at radius 2 is 1.76 bits per heavy atom. The lowest BCUT2D eigenvalue weighted by molar-refractivity contribution is 0.128. The summed E-state index contributed by atoms with van der Waals surface area (Å²) in [7, 11) is 1.87. The molecular weight excluding hydrogens is 265 g/mol. The highest BCUT2D eigenvalue weighted by Crippen LogP contribution is 2.30. The zero-order chi connectivity index (χ0) is 15.6. The van der Waals surface area contributed by atoms with Gasteiger partial charge in [-0.1, -0.05) is 6.07 Å². The molecule has 1 saturated heterocycles. The number of rotatable bonds is 3. The van der Waals surface area contributed by atoms with Gasteiger partial charge in [0, 0.05) is 49.0 Å². The largest absolute Gasteiger partial charge is 0.369 e. The molecule has 1 atom stereocenters. The summed E-state index contributed by atoms with van der Waals surface area (Å²) in [5.74, 6) is -0.118. The van der Waals surface area contributed by atoms with Crippen LogP contribution in [0.25, 0.3) is 0 Å². The molecule has 4 heteroatoms. The second-order valence-electron chi connectivity index (χ2n) is 6.83. The summed E-state index contributed by atoms with van der Waals surface area (Å²) in [6.45, 7) is 12.7. The van der Waals surface area contributed by atoms with Crippen LogP contribution in [0, 0.1) is 5.82 Å². The van der Waals surface area contributed by atoms with Gasteiger partial charge in [0.2, 0.25) is 0 Å². The van der Waals surface area contributed by atoms with Crippen LogP contribution in [-0.2, 0) is 0 Å². The van der Waals surface area contributed by atoms with Gasteiger partial charge in [-0.15, -0.1) is 0 Å². The quantitative estimate of drug-likeness (QED) is 0.924. The average molecular weight is 293 g/mol. The molecule has 0 radical (unpaired) electrons. The van der Waals surface area contributed by atoms with Crippen LogP contribution in [-0.4, -0.2) is 43.7 Å². The minimum absolute atomic E-state index is 0.0156. The molecule has 1 aromatic carbocycles. The van der Waals surface area contributed by atoms with Gasteiger partial charge in [0.1, 0.15) is 5.82 Å². The lowest BCUT2D eigenvalue weighted by Crippen LogP contribution is -2.53. The van der Waals surface area contributed by atoms with Crippen LogP contribution in [0.1, 0.15) is 39.3 Å². The van der Waals surface area contributed by atoms with Gasteiger partial charge in [-0.25, -0.2) is 4.39 Å². The van der Waals surface area contributed by atoms with Crippen molar-refractivity contribution in [2.45, 2.75) is 39.3 Å². The monoisotopic (exact) mass is 293 g/mol. The fourth-order valence-corrected chi connectivity index (χ4v) is 2.99. The molecule has 1 aliphatic rings. The topological polar surface area (TPSA) is 18.5 Å². The third-order valence-electron chi connectivity index (χ3n) is 4.46. The van der Waals surface area contributed by atoms with Gasteiger partial charge in [0.25, 0.3) is 0 Å². The summed E-state index contributed by atoms with van der Waals surface area (Å²) in [4.78, 5) is 4.80. The van der Waals surface area contributed by atoms with E-state index >= 15 is 0 Å². The zero-order valence-electron chi connectivity index (χ0n) is 13.9. The zero-order valence-corrected chi connectivity index (χ0v) is 13.9. The van der Waals surface area contributed by atoms with Crippen molar-refractivity contribution in [1.29, 1.82) is 0 Å². The van der Waals surface area contributed by atoms with Crippen molar-refractivity contribution >= 4 is 5.69 Å². The first-order chi connectivity index (χ1) is 9.84. The Hall–Kier alpha value is -1.13. The van der Waals surface area contributed by atoms with Crippen molar-refractivity contribution < 1.29 is 4.39 Å². The van der Waals surface area contributed by atoms with Crippen LogP contribution < -0.4 is 10.2 Å². The highest BCUT2D eigenvalue weighted by molar-refractivity contribution is 5.56. The minimum atomic E-state index is -0.118. The number of anilines is 1. The van der Waals surface area contributed by atoms with Crippen molar-refractivity contribution in [2.75, 3.05) is 38.1 Å². The molecule has 1 aliphatic heterocycles. The van der Waals surface area contributed by atoms with Gasteiger partial charge in [-0.2, -0.15) is 0 Å².